The summed E-state index contributed by atoms with van der Waals surface area (Å²) < 4.78 is 5.15. The van der Waals surface area contributed by atoms with Crippen LogP contribution in [0.15, 0.2) is 48.6 Å². The van der Waals surface area contributed by atoms with Gasteiger partial charge in [-0.1, -0.05) is 61.8 Å². The highest BCUT2D eigenvalue weighted by molar-refractivity contribution is 5.82. The van der Waals surface area contributed by atoms with Gasteiger partial charge in [0, 0.05) is 6.08 Å². The van der Waals surface area contributed by atoms with Gasteiger partial charge in [-0.25, -0.2) is 4.79 Å². The lowest BCUT2D eigenvalue weighted by Gasteiger charge is -2.04. The summed E-state index contributed by atoms with van der Waals surface area (Å²) in [6.07, 6.45) is 23.2. The molecule has 22 heavy (non-hydrogen) atoms. The third-order valence-corrected chi connectivity index (χ3v) is 3.71. The van der Waals surface area contributed by atoms with E-state index in [0.717, 1.165) is 25.7 Å². The molecule has 0 N–H and O–H groups in total. The van der Waals surface area contributed by atoms with Crippen molar-refractivity contribution in [2.45, 2.75) is 64.2 Å². The summed E-state index contributed by atoms with van der Waals surface area (Å²) in [5.74, 6) is -0.260. The topological polar surface area (TPSA) is 26.3 Å². The van der Waals surface area contributed by atoms with Crippen molar-refractivity contribution >= 4 is 5.97 Å². The second-order valence-electron chi connectivity index (χ2n) is 5.83. The molecule has 122 valence electrons. The van der Waals surface area contributed by atoms with Gasteiger partial charge in [0.15, 0.2) is 0 Å². The second-order valence-corrected chi connectivity index (χ2v) is 5.83. The average molecular weight is 302 g/mol. The number of hydrogen-bond donors (Lipinski definition) is 0. The third kappa shape index (κ3) is 11.1. The summed E-state index contributed by atoms with van der Waals surface area (Å²) in [6.45, 7) is 4.54. The van der Waals surface area contributed by atoms with Gasteiger partial charge in [0.1, 0.15) is 0 Å². The van der Waals surface area contributed by atoms with Crippen molar-refractivity contribution in [1.29, 1.82) is 0 Å². The van der Waals surface area contributed by atoms with E-state index in [4.69, 9.17) is 4.74 Å². The number of carbonyl (C=O) groups excluding carboxylic acids is 1. The SMILES string of the molecule is C=C1C/C=C/CCCCCCC/C=C/C=C/C(=O)OCCC1. The fourth-order valence-corrected chi connectivity index (χ4v) is 2.38. The van der Waals surface area contributed by atoms with E-state index in [1.54, 1.807) is 6.08 Å². The maximum absolute atomic E-state index is 11.5. The minimum atomic E-state index is -0.260. The predicted octanol–water partition coefficient (Wildman–Crippen LogP) is 5.67. The van der Waals surface area contributed by atoms with Crippen LogP contribution in [0.1, 0.15) is 64.2 Å². The van der Waals surface area contributed by atoms with Crippen LogP contribution in [-0.4, -0.2) is 12.6 Å². The van der Waals surface area contributed by atoms with Crippen molar-refractivity contribution in [2.75, 3.05) is 6.61 Å². The number of carbonyl (C=O) groups is 1. The first-order valence-electron chi connectivity index (χ1n) is 8.60. The smallest absolute Gasteiger partial charge is 0.330 e. The van der Waals surface area contributed by atoms with Gasteiger partial charge in [0.05, 0.1) is 6.61 Å². The molecule has 0 spiro atoms. The van der Waals surface area contributed by atoms with E-state index in [-0.39, 0.29) is 5.97 Å². The Hall–Kier alpha value is -1.57. The van der Waals surface area contributed by atoms with Gasteiger partial charge >= 0.3 is 5.97 Å². The number of hydrogen-bond acceptors (Lipinski definition) is 2. The second kappa shape index (κ2) is 13.1. The van der Waals surface area contributed by atoms with Gasteiger partial charge in [-0.05, 0) is 44.9 Å². The lowest BCUT2D eigenvalue weighted by molar-refractivity contribution is -0.137. The normalized spacial score (nSPS) is 24.9. The van der Waals surface area contributed by atoms with E-state index in [2.05, 4.69) is 24.8 Å². The van der Waals surface area contributed by atoms with Gasteiger partial charge in [-0.2, -0.15) is 0 Å². The molecule has 0 amide bonds. The van der Waals surface area contributed by atoms with Crippen LogP contribution in [0, 0.1) is 0 Å². The van der Waals surface area contributed by atoms with E-state index in [9.17, 15) is 4.79 Å². The molecule has 1 rings (SSSR count). The molecule has 0 fully saturated rings. The molecule has 0 unspecified atom stereocenters. The Kier molecular flexibility index (Phi) is 11.0. The standard InChI is InChI=1S/C20H30O2/c1-19-15-12-10-8-6-4-2-3-5-7-9-11-13-17-20(21)22-18-14-16-19/h9-13,17H,1-8,14-16,18H2/b11-9+,12-10+,17-13+. The Morgan fingerprint density at radius 3 is 2.41 bits per heavy atom. The van der Waals surface area contributed by atoms with Crippen LogP contribution in [-0.2, 0) is 9.53 Å². The average Bonchev–Trinajstić information content (AvgIpc) is 2.51. The molecule has 0 bridgehead atoms. The highest BCUT2D eigenvalue weighted by Crippen LogP contribution is 2.11. The maximum Gasteiger partial charge on any atom is 0.330 e. The number of allylic oxidation sites excluding steroid dienone is 6. The van der Waals surface area contributed by atoms with Crippen molar-refractivity contribution in [2.24, 2.45) is 0 Å². The van der Waals surface area contributed by atoms with Crippen LogP contribution >= 0.6 is 0 Å². The first kappa shape index (κ1) is 18.5. The summed E-state index contributed by atoms with van der Waals surface area (Å²) in [6, 6.07) is 0. The minimum Gasteiger partial charge on any atom is -0.463 e. The summed E-state index contributed by atoms with van der Waals surface area (Å²) in [4.78, 5) is 11.5. The predicted molar refractivity (Wildman–Crippen MR) is 93.7 cm³/mol. The number of ether oxygens (including phenoxy) is 1. The Balaban J connectivity index is 2.36. The minimum absolute atomic E-state index is 0.260. The van der Waals surface area contributed by atoms with Crippen molar-refractivity contribution < 1.29 is 9.53 Å². The molecule has 0 aromatic carbocycles. The van der Waals surface area contributed by atoms with Crippen molar-refractivity contribution in [3.63, 3.8) is 0 Å². The first-order chi connectivity index (χ1) is 10.8. The lowest BCUT2D eigenvalue weighted by Crippen LogP contribution is -2.02. The van der Waals surface area contributed by atoms with Crippen LogP contribution in [0.2, 0.25) is 0 Å². The summed E-state index contributed by atoms with van der Waals surface area (Å²) in [7, 11) is 0. The Morgan fingerprint density at radius 1 is 0.864 bits per heavy atom. The Morgan fingerprint density at radius 2 is 1.59 bits per heavy atom. The van der Waals surface area contributed by atoms with Gasteiger partial charge in [-0.3, -0.25) is 0 Å². The quantitative estimate of drug-likeness (QED) is 0.426. The monoisotopic (exact) mass is 302 g/mol. The molecule has 0 aliphatic carbocycles. The van der Waals surface area contributed by atoms with Crippen molar-refractivity contribution in [3.8, 4) is 0 Å². The molecule has 0 saturated carbocycles. The first-order valence-corrected chi connectivity index (χ1v) is 8.60. The van der Waals surface area contributed by atoms with Gasteiger partial charge < -0.3 is 4.74 Å². The molecule has 0 aromatic heterocycles. The van der Waals surface area contributed by atoms with Gasteiger partial charge in [0.25, 0.3) is 0 Å². The van der Waals surface area contributed by atoms with E-state index in [0.29, 0.717) is 6.61 Å². The molecule has 0 saturated heterocycles. The molecule has 0 radical (unpaired) electrons. The van der Waals surface area contributed by atoms with Crippen molar-refractivity contribution in [3.05, 3.63) is 48.6 Å². The molecule has 1 aliphatic rings. The molecule has 2 heteroatoms. The molecular weight excluding hydrogens is 272 g/mol. The lowest BCUT2D eigenvalue weighted by atomic mass is 10.1. The fourth-order valence-electron chi connectivity index (χ4n) is 2.38. The third-order valence-electron chi connectivity index (χ3n) is 3.71. The van der Waals surface area contributed by atoms with Crippen LogP contribution in [0.4, 0.5) is 0 Å². The van der Waals surface area contributed by atoms with E-state index in [1.807, 2.05) is 6.08 Å². The highest BCUT2D eigenvalue weighted by Gasteiger charge is 1.98. The Bertz CT molecular complexity index is 402. The molecule has 0 atom stereocenters. The molecule has 1 aliphatic heterocycles. The highest BCUT2D eigenvalue weighted by atomic mass is 16.5. The summed E-state index contributed by atoms with van der Waals surface area (Å²) in [5.41, 5.74) is 1.21. The van der Waals surface area contributed by atoms with Crippen LogP contribution in [0.25, 0.3) is 0 Å². The maximum atomic E-state index is 11.5. The number of cyclic esters (lactones) is 1. The van der Waals surface area contributed by atoms with Crippen molar-refractivity contribution in [1.82, 2.24) is 0 Å². The largest absolute Gasteiger partial charge is 0.463 e. The van der Waals surface area contributed by atoms with E-state index in [1.165, 1.54) is 50.2 Å². The molecule has 1 heterocycles. The Labute approximate surface area is 135 Å². The zero-order valence-corrected chi connectivity index (χ0v) is 13.8. The van der Waals surface area contributed by atoms with Gasteiger partial charge in [0.2, 0.25) is 0 Å². The van der Waals surface area contributed by atoms with Crippen LogP contribution in [0.5, 0.6) is 0 Å². The molecule has 2 nitrogen and oxygen atoms in total. The van der Waals surface area contributed by atoms with E-state index >= 15 is 0 Å². The van der Waals surface area contributed by atoms with Gasteiger partial charge in [-0.15, -0.1) is 0 Å². The van der Waals surface area contributed by atoms with Crippen LogP contribution < -0.4 is 0 Å². The zero-order chi connectivity index (χ0) is 15.9. The summed E-state index contributed by atoms with van der Waals surface area (Å²) in [5, 5.41) is 0. The van der Waals surface area contributed by atoms with E-state index < -0.39 is 0 Å². The molecular formula is C20H30O2. The zero-order valence-electron chi connectivity index (χ0n) is 13.8. The summed E-state index contributed by atoms with van der Waals surface area (Å²) >= 11 is 0. The number of rotatable bonds is 0. The fraction of sp³-hybridized carbons (Fsp3) is 0.550. The molecule has 0 aromatic rings. The van der Waals surface area contributed by atoms with Crippen LogP contribution in [0.3, 0.4) is 0 Å². The number of esters is 1.